The third-order valence-electron chi connectivity index (χ3n) is 11.4. The molecule has 0 heterocycles. The third kappa shape index (κ3) is 5.17. The topological polar surface area (TPSA) is 26.3 Å². The van der Waals surface area contributed by atoms with Crippen LogP contribution in [0.3, 0.4) is 0 Å². The van der Waals surface area contributed by atoms with E-state index in [0.29, 0.717) is 21.4 Å². The van der Waals surface area contributed by atoms with Crippen molar-refractivity contribution in [2.45, 2.75) is 125 Å². The molecule has 0 aromatic rings. The van der Waals surface area contributed by atoms with E-state index in [1.54, 1.807) is 19.4 Å². The van der Waals surface area contributed by atoms with Gasteiger partial charge in [-0.05, 0) is 105 Å². The maximum absolute atomic E-state index is 12.5. The molecule has 3 heteroatoms. The zero-order valence-corrected chi connectivity index (χ0v) is 24.3. The smallest absolute Gasteiger partial charge is 0.335 e. The van der Waals surface area contributed by atoms with E-state index in [1.807, 2.05) is 0 Å². The van der Waals surface area contributed by atoms with Gasteiger partial charge < -0.3 is 4.74 Å². The summed E-state index contributed by atoms with van der Waals surface area (Å²) in [5, 5.41) is 0.532. The molecular formula is C32H51ClO2. The molecule has 0 aromatic heterocycles. The van der Waals surface area contributed by atoms with E-state index in [9.17, 15) is 4.79 Å². The maximum Gasteiger partial charge on any atom is 0.335 e. The first-order chi connectivity index (χ1) is 16.5. The van der Waals surface area contributed by atoms with Crippen LogP contribution in [-0.4, -0.2) is 12.1 Å². The monoisotopic (exact) mass is 502 g/mol. The Hall–Kier alpha value is -0.760. The number of hydrogen-bond donors (Lipinski definition) is 0. The Morgan fingerprint density at radius 1 is 1.06 bits per heavy atom. The number of ether oxygens (including phenoxy) is 1. The number of fused-ring (bicyclic) bond motifs is 5. The zero-order chi connectivity index (χ0) is 25.5. The molecule has 3 saturated carbocycles. The van der Waals surface area contributed by atoms with Crippen LogP contribution in [-0.2, 0) is 9.53 Å². The van der Waals surface area contributed by atoms with Crippen molar-refractivity contribution in [3.8, 4) is 0 Å². The number of allylic oxidation sites excluding steroid dienone is 2. The Morgan fingerprint density at radius 3 is 2.49 bits per heavy atom. The van der Waals surface area contributed by atoms with Gasteiger partial charge in [0, 0.05) is 17.0 Å². The Kier molecular flexibility index (Phi) is 8.22. The average molecular weight is 503 g/mol. The highest BCUT2D eigenvalue weighted by Crippen LogP contribution is 2.67. The fourth-order valence-corrected chi connectivity index (χ4v) is 9.21. The summed E-state index contributed by atoms with van der Waals surface area (Å²) in [4.78, 5) is 12.5. The van der Waals surface area contributed by atoms with Crippen molar-refractivity contribution < 1.29 is 9.53 Å². The van der Waals surface area contributed by atoms with E-state index in [1.165, 1.54) is 51.4 Å². The summed E-state index contributed by atoms with van der Waals surface area (Å²) in [5.74, 6) is 4.91. The Balaban J connectivity index is 1.44. The van der Waals surface area contributed by atoms with Crippen LogP contribution in [0.15, 0.2) is 22.3 Å². The van der Waals surface area contributed by atoms with Crippen LogP contribution in [0.2, 0.25) is 0 Å². The van der Waals surface area contributed by atoms with Crippen molar-refractivity contribution in [1.29, 1.82) is 0 Å². The average Bonchev–Trinajstić information content (AvgIpc) is 3.15. The Bertz CT molecular complexity index is 852. The third-order valence-corrected chi connectivity index (χ3v) is 11.6. The number of hydrogen-bond acceptors (Lipinski definition) is 2. The summed E-state index contributed by atoms with van der Waals surface area (Å²) in [6, 6.07) is 0. The number of carbonyl (C=O) groups is 1. The highest BCUT2D eigenvalue weighted by Gasteiger charge is 2.59. The normalized spacial score (nSPS) is 40.3. The Labute approximate surface area is 220 Å². The van der Waals surface area contributed by atoms with Gasteiger partial charge in [-0.2, -0.15) is 0 Å². The predicted molar refractivity (Wildman–Crippen MR) is 147 cm³/mol. The minimum absolute atomic E-state index is 0.000692. The molecule has 35 heavy (non-hydrogen) atoms. The van der Waals surface area contributed by atoms with Crippen molar-refractivity contribution in [3.05, 3.63) is 22.3 Å². The summed E-state index contributed by atoms with van der Waals surface area (Å²) in [5.41, 5.74) is 2.95. The molecule has 0 saturated heterocycles. The molecule has 198 valence electrons. The predicted octanol–water partition coefficient (Wildman–Crippen LogP) is 9.47. The molecule has 4 rings (SSSR count). The molecule has 0 N–H and O–H groups in total. The molecule has 0 unspecified atom stereocenters. The van der Waals surface area contributed by atoms with Crippen LogP contribution < -0.4 is 0 Å². The maximum atomic E-state index is 12.5. The number of esters is 1. The molecule has 8 atom stereocenters. The van der Waals surface area contributed by atoms with Crippen LogP contribution in [0, 0.1) is 46.3 Å². The molecule has 0 bridgehead atoms. The van der Waals surface area contributed by atoms with Gasteiger partial charge in [0.2, 0.25) is 0 Å². The van der Waals surface area contributed by atoms with Gasteiger partial charge in [-0.15, -0.1) is 0 Å². The quantitative estimate of drug-likeness (QED) is 0.197. The summed E-state index contributed by atoms with van der Waals surface area (Å²) in [7, 11) is 0. The van der Waals surface area contributed by atoms with E-state index in [-0.39, 0.29) is 12.1 Å². The highest BCUT2D eigenvalue weighted by molar-refractivity contribution is 6.31. The number of halogens is 1. The first-order valence-electron chi connectivity index (χ1n) is 14.7. The molecule has 0 amide bonds. The summed E-state index contributed by atoms with van der Waals surface area (Å²) < 4.78 is 5.90. The van der Waals surface area contributed by atoms with Gasteiger partial charge in [-0.3, -0.25) is 0 Å². The van der Waals surface area contributed by atoms with E-state index >= 15 is 0 Å². The van der Waals surface area contributed by atoms with Gasteiger partial charge in [0.1, 0.15) is 6.10 Å². The van der Waals surface area contributed by atoms with Crippen LogP contribution in [0.25, 0.3) is 0 Å². The fraction of sp³-hybridized carbons (Fsp3) is 0.844. The van der Waals surface area contributed by atoms with Crippen LogP contribution in [0.4, 0.5) is 0 Å². The van der Waals surface area contributed by atoms with E-state index in [4.69, 9.17) is 16.3 Å². The molecule has 2 nitrogen and oxygen atoms in total. The van der Waals surface area contributed by atoms with Gasteiger partial charge >= 0.3 is 5.97 Å². The van der Waals surface area contributed by atoms with Gasteiger partial charge in [-0.25, -0.2) is 4.79 Å². The van der Waals surface area contributed by atoms with Crippen LogP contribution in [0.5, 0.6) is 0 Å². The lowest BCUT2D eigenvalue weighted by atomic mass is 9.47. The summed E-state index contributed by atoms with van der Waals surface area (Å²) in [6.45, 7) is 16.0. The largest absolute Gasteiger partial charge is 0.459 e. The number of rotatable bonds is 7. The van der Waals surface area contributed by atoms with Crippen molar-refractivity contribution in [2.75, 3.05) is 0 Å². The standard InChI is InChI=1S/C32H51ClO2/c1-20(2)9-8-10-21(3)27-13-14-28-26-12-11-24-19-25(35-30(34)22(4)23(5)33)15-17-31(24,6)29(26)16-18-32(27,28)7/h11,20-21,25-29H,8-10,12-19H2,1-7H3/b23-22-/t21-,25+,26-,27+,28-,29-,31+,32+/m1/s1. The van der Waals surface area contributed by atoms with E-state index < -0.39 is 0 Å². The van der Waals surface area contributed by atoms with Crippen molar-refractivity contribution in [3.63, 3.8) is 0 Å². The molecule has 0 aromatic carbocycles. The van der Waals surface area contributed by atoms with E-state index in [0.717, 1.165) is 54.8 Å². The second-order valence-corrected chi connectivity index (χ2v) is 14.3. The molecule has 0 aliphatic heterocycles. The van der Waals surface area contributed by atoms with Gasteiger partial charge in [0.25, 0.3) is 0 Å². The summed E-state index contributed by atoms with van der Waals surface area (Å²) >= 11 is 6.04. The molecule has 0 spiro atoms. The molecule has 4 aliphatic rings. The van der Waals surface area contributed by atoms with Gasteiger partial charge in [0.05, 0.1) is 0 Å². The van der Waals surface area contributed by atoms with Gasteiger partial charge in [-0.1, -0.05) is 77.1 Å². The van der Waals surface area contributed by atoms with E-state index in [2.05, 4.69) is 40.7 Å². The second-order valence-electron chi connectivity index (χ2n) is 13.7. The lowest BCUT2D eigenvalue weighted by Gasteiger charge is -2.58. The molecule has 4 aliphatic carbocycles. The lowest BCUT2D eigenvalue weighted by Crippen LogP contribution is -2.51. The van der Waals surface area contributed by atoms with Crippen molar-refractivity contribution in [1.82, 2.24) is 0 Å². The first kappa shape index (κ1) is 27.3. The fourth-order valence-electron chi connectivity index (χ4n) is 9.13. The minimum Gasteiger partial charge on any atom is -0.459 e. The first-order valence-corrected chi connectivity index (χ1v) is 15.1. The summed E-state index contributed by atoms with van der Waals surface area (Å²) in [6.07, 6.45) is 16.8. The second kappa shape index (κ2) is 10.5. The van der Waals surface area contributed by atoms with Gasteiger partial charge in [0.15, 0.2) is 0 Å². The lowest BCUT2D eigenvalue weighted by molar-refractivity contribution is -0.146. The minimum atomic E-state index is -0.242. The van der Waals surface area contributed by atoms with Crippen LogP contribution >= 0.6 is 11.6 Å². The zero-order valence-electron chi connectivity index (χ0n) is 23.6. The Morgan fingerprint density at radius 2 is 1.80 bits per heavy atom. The molecular weight excluding hydrogens is 452 g/mol. The highest BCUT2D eigenvalue weighted by atomic mass is 35.5. The van der Waals surface area contributed by atoms with Crippen LogP contribution in [0.1, 0.15) is 119 Å². The SMILES string of the molecule is C/C(Cl)=C(\C)C(=O)O[C@H]1CC[C@@]2(C)C(=CC[C@@H]3[C@H]4CC[C@@H]([C@H](C)CCCC(C)C)[C@]4(C)CC[C@H]32)C1. The molecule has 3 fully saturated rings. The number of carbonyl (C=O) groups excluding carboxylic acids is 1. The molecule has 0 radical (unpaired) electrons. The van der Waals surface area contributed by atoms with Crippen molar-refractivity contribution in [2.24, 2.45) is 46.3 Å². The van der Waals surface area contributed by atoms with Crippen molar-refractivity contribution >= 4 is 17.6 Å².